The van der Waals surface area contributed by atoms with Crippen LogP contribution in [0.1, 0.15) is 49.7 Å². The van der Waals surface area contributed by atoms with E-state index < -0.39 is 0 Å². The smallest absolute Gasteiger partial charge is 0.0205 e. The van der Waals surface area contributed by atoms with Gasteiger partial charge in [-0.05, 0) is 44.8 Å². The Morgan fingerprint density at radius 1 is 1.00 bits per heavy atom. The van der Waals surface area contributed by atoms with Gasteiger partial charge in [-0.1, -0.05) is 49.1 Å². The third kappa shape index (κ3) is 5.75. The molecule has 0 aliphatic heterocycles. The van der Waals surface area contributed by atoms with Crippen LogP contribution in [0, 0.1) is 6.92 Å². The Morgan fingerprint density at radius 2 is 1.74 bits per heavy atom. The summed E-state index contributed by atoms with van der Waals surface area (Å²) < 4.78 is 0. The monoisotopic (exact) mass is 260 g/mol. The van der Waals surface area contributed by atoms with Gasteiger partial charge in [0.15, 0.2) is 0 Å². The van der Waals surface area contributed by atoms with Crippen LogP contribution >= 0.6 is 0 Å². The van der Waals surface area contributed by atoms with Gasteiger partial charge in [-0.25, -0.2) is 0 Å². The molecule has 0 atom stereocenters. The summed E-state index contributed by atoms with van der Waals surface area (Å²) in [5.74, 6) is 0. The van der Waals surface area contributed by atoms with Crippen LogP contribution in [0.3, 0.4) is 0 Å². The molecule has 0 bridgehead atoms. The molecular formula is C17H28N2. The molecule has 0 heterocycles. The van der Waals surface area contributed by atoms with E-state index in [4.69, 9.17) is 0 Å². The van der Waals surface area contributed by atoms with E-state index in [9.17, 15) is 0 Å². The highest BCUT2D eigenvalue weighted by atomic mass is 14.9. The zero-order valence-electron chi connectivity index (χ0n) is 12.3. The van der Waals surface area contributed by atoms with E-state index in [0.717, 1.165) is 25.7 Å². The summed E-state index contributed by atoms with van der Waals surface area (Å²) in [6.45, 7) is 5.39. The van der Waals surface area contributed by atoms with Crippen molar-refractivity contribution in [2.75, 3.05) is 13.1 Å². The number of aryl methyl sites for hydroxylation is 1. The molecule has 1 saturated carbocycles. The van der Waals surface area contributed by atoms with E-state index in [1.807, 2.05) is 0 Å². The SMILES string of the molecule is Cc1ccc(CNCCCNC2CCCCC2)cc1. The van der Waals surface area contributed by atoms with E-state index in [1.165, 1.54) is 49.7 Å². The summed E-state index contributed by atoms with van der Waals surface area (Å²) in [6, 6.07) is 9.58. The molecular weight excluding hydrogens is 232 g/mol. The summed E-state index contributed by atoms with van der Waals surface area (Å²) in [5.41, 5.74) is 2.71. The van der Waals surface area contributed by atoms with Gasteiger partial charge < -0.3 is 10.6 Å². The zero-order chi connectivity index (χ0) is 13.3. The Kier molecular flexibility index (Phi) is 6.38. The predicted octanol–water partition coefficient (Wildman–Crippen LogP) is 3.40. The van der Waals surface area contributed by atoms with Gasteiger partial charge in [-0.2, -0.15) is 0 Å². The van der Waals surface area contributed by atoms with Crippen molar-refractivity contribution >= 4 is 0 Å². The number of nitrogens with one attached hydrogen (secondary N) is 2. The first-order valence-electron chi connectivity index (χ1n) is 7.84. The summed E-state index contributed by atoms with van der Waals surface area (Å²) in [4.78, 5) is 0. The van der Waals surface area contributed by atoms with Crippen LogP contribution in [0.2, 0.25) is 0 Å². The van der Waals surface area contributed by atoms with Gasteiger partial charge in [0.05, 0.1) is 0 Å². The quantitative estimate of drug-likeness (QED) is 0.734. The van der Waals surface area contributed by atoms with Crippen LogP contribution in [-0.4, -0.2) is 19.1 Å². The molecule has 0 radical (unpaired) electrons. The molecule has 106 valence electrons. The first kappa shape index (κ1) is 14.5. The van der Waals surface area contributed by atoms with Crippen molar-refractivity contribution in [3.05, 3.63) is 35.4 Å². The molecule has 1 aromatic rings. The minimum atomic E-state index is 0.797. The van der Waals surface area contributed by atoms with E-state index >= 15 is 0 Å². The van der Waals surface area contributed by atoms with Gasteiger partial charge in [-0.15, -0.1) is 0 Å². The summed E-state index contributed by atoms with van der Waals surface area (Å²) >= 11 is 0. The van der Waals surface area contributed by atoms with E-state index in [1.54, 1.807) is 0 Å². The second-order valence-electron chi connectivity index (χ2n) is 5.80. The first-order chi connectivity index (χ1) is 9.34. The van der Waals surface area contributed by atoms with Crippen LogP contribution < -0.4 is 10.6 Å². The normalized spacial score (nSPS) is 16.7. The van der Waals surface area contributed by atoms with Crippen molar-refractivity contribution in [1.29, 1.82) is 0 Å². The number of hydrogen-bond donors (Lipinski definition) is 2. The molecule has 1 fully saturated rings. The minimum Gasteiger partial charge on any atom is -0.314 e. The highest BCUT2D eigenvalue weighted by Gasteiger charge is 2.11. The third-order valence-electron chi connectivity index (χ3n) is 4.02. The van der Waals surface area contributed by atoms with Crippen molar-refractivity contribution in [3.8, 4) is 0 Å². The maximum atomic E-state index is 3.69. The van der Waals surface area contributed by atoms with Crippen molar-refractivity contribution < 1.29 is 0 Å². The van der Waals surface area contributed by atoms with E-state index in [0.29, 0.717) is 0 Å². The Morgan fingerprint density at radius 3 is 2.47 bits per heavy atom. The fourth-order valence-corrected chi connectivity index (χ4v) is 2.76. The second kappa shape index (κ2) is 8.34. The zero-order valence-corrected chi connectivity index (χ0v) is 12.3. The van der Waals surface area contributed by atoms with Crippen molar-refractivity contribution in [3.63, 3.8) is 0 Å². The van der Waals surface area contributed by atoms with Crippen molar-refractivity contribution in [2.24, 2.45) is 0 Å². The molecule has 2 rings (SSSR count). The lowest BCUT2D eigenvalue weighted by Crippen LogP contribution is -2.33. The number of rotatable bonds is 7. The van der Waals surface area contributed by atoms with Gasteiger partial charge in [0.25, 0.3) is 0 Å². The van der Waals surface area contributed by atoms with Crippen LogP contribution in [0.15, 0.2) is 24.3 Å². The van der Waals surface area contributed by atoms with Crippen molar-refractivity contribution in [2.45, 2.75) is 58.0 Å². The van der Waals surface area contributed by atoms with Gasteiger partial charge in [0.2, 0.25) is 0 Å². The second-order valence-corrected chi connectivity index (χ2v) is 5.80. The van der Waals surface area contributed by atoms with E-state index in [-0.39, 0.29) is 0 Å². The topological polar surface area (TPSA) is 24.1 Å². The number of benzene rings is 1. The average Bonchev–Trinajstić information content (AvgIpc) is 2.46. The number of hydrogen-bond acceptors (Lipinski definition) is 2. The standard InChI is InChI=1S/C17H28N2/c1-15-8-10-16(11-9-15)14-18-12-5-13-19-17-6-3-2-4-7-17/h8-11,17-19H,2-7,12-14H2,1H3. The first-order valence-corrected chi connectivity index (χ1v) is 7.84. The highest BCUT2D eigenvalue weighted by Crippen LogP contribution is 2.17. The van der Waals surface area contributed by atoms with Crippen LogP contribution in [-0.2, 0) is 6.54 Å². The summed E-state index contributed by atoms with van der Waals surface area (Å²) in [6.07, 6.45) is 8.28. The molecule has 2 N–H and O–H groups in total. The fraction of sp³-hybridized carbons (Fsp3) is 0.647. The average molecular weight is 260 g/mol. The Labute approximate surface area is 118 Å². The lowest BCUT2D eigenvalue weighted by atomic mass is 9.95. The fourth-order valence-electron chi connectivity index (χ4n) is 2.76. The molecule has 0 unspecified atom stereocenters. The van der Waals surface area contributed by atoms with Crippen molar-refractivity contribution in [1.82, 2.24) is 10.6 Å². The molecule has 0 saturated heterocycles. The molecule has 1 aliphatic rings. The Balaban J connectivity index is 1.49. The Hall–Kier alpha value is -0.860. The highest BCUT2D eigenvalue weighted by molar-refractivity contribution is 5.20. The summed E-state index contributed by atoms with van der Waals surface area (Å²) in [5, 5.41) is 7.21. The molecule has 2 heteroatoms. The van der Waals surface area contributed by atoms with Gasteiger partial charge >= 0.3 is 0 Å². The predicted molar refractivity (Wildman–Crippen MR) is 82.4 cm³/mol. The third-order valence-corrected chi connectivity index (χ3v) is 4.02. The minimum absolute atomic E-state index is 0.797. The molecule has 0 aromatic heterocycles. The maximum Gasteiger partial charge on any atom is 0.0205 e. The van der Waals surface area contributed by atoms with Gasteiger partial charge in [0.1, 0.15) is 0 Å². The summed E-state index contributed by atoms with van der Waals surface area (Å²) in [7, 11) is 0. The van der Waals surface area contributed by atoms with Gasteiger partial charge in [0, 0.05) is 12.6 Å². The molecule has 0 amide bonds. The molecule has 1 aromatic carbocycles. The van der Waals surface area contributed by atoms with Gasteiger partial charge in [-0.3, -0.25) is 0 Å². The van der Waals surface area contributed by atoms with E-state index in [2.05, 4.69) is 41.8 Å². The van der Waals surface area contributed by atoms with Crippen LogP contribution in [0.4, 0.5) is 0 Å². The maximum absolute atomic E-state index is 3.69. The molecule has 2 nitrogen and oxygen atoms in total. The lowest BCUT2D eigenvalue weighted by Gasteiger charge is -2.22. The Bertz CT molecular complexity index is 339. The van der Waals surface area contributed by atoms with Crippen LogP contribution in [0.25, 0.3) is 0 Å². The van der Waals surface area contributed by atoms with Crippen LogP contribution in [0.5, 0.6) is 0 Å². The molecule has 19 heavy (non-hydrogen) atoms. The molecule has 1 aliphatic carbocycles. The largest absolute Gasteiger partial charge is 0.314 e. The lowest BCUT2D eigenvalue weighted by molar-refractivity contribution is 0.371. The molecule has 0 spiro atoms.